The number of hydrogen-bond acceptors (Lipinski definition) is 3. The highest BCUT2D eigenvalue weighted by Gasteiger charge is 2.37. The van der Waals surface area contributed by atoms with E-state index in [1.54, 1.807) is 14.0 Å². The minimum Gasteiger partial charge on any atom is -0.501 e. The number of rotatable bonds is 6. The van der Waals surface area contributed by atoms with Crippen LogP contribution in [0.5, 0.6) is 0 Å². The van der Waals surface area contributed by atoms with E-state index in [0.29, 0.717) is 11.3 Å². The van der Waals surface area contributed by atoms with Gasteiger partial charge in [-0.2, -0.15) is 0 Å². The maximum atomic E-state index is 12.7. The summed E-state index contributed by atoms with van der Waals surface area (Å²) in [7, 11) is 1.61. The Morgan fingerprint density at radius 3 is 1.53 bits per heavy atom. The molecule has 0 spiro atoms. The molecule has 3 heteroatoms. The Labute approximate surface area is 289 Å². The minimum absolute atomic E-state index is 0.0139. The number of hydrogen-bond donors (Lipinski definition) is 0. The lowest BCUT2D eigenvalue weighted by molar-refractivity contribution is -0.111. The summed E-state index contributed by atoms with van der Waals surface area (Å²) in [6.45, 7) is 12.8. The van der Waals surface area contributed by atoms with E-state index in [4.69, 9.17) is 4.74 Å². The number of ether oxygens (including phenoxy) is 1. The van der Waals surface area contributed by atoms with E-state index in [1.165, 1.54) is 44.5 Å². The molecule has 8 rings (SSSR count). The molecule has 242 valence electrons. The average molecular weight is 640 g/mol. The maximum Gasteiger partial charge on any atom is 0.163 e. The predicted octanol–water partition coefficient (Wildman–Crippen LogP) is 11.9. The zero-order chi connectivity index (χ0) is 34.2. The molecular weight excluding hydrogens is 599 g/mol. The number of fused-ring (bicyclic) bond motifs is 7. The van der Waals surface area contributed by atoms with E-state index >= 15 is 0 Å². The van der Waals surface area contributed by atoms with Crippen molar-refractivity contribution in [3.05, 3.63) is 155 Å². The highest BCUT2D eigenvalue weighted by molar-refractivity contribution is 6.20. The van der Waals surface area contributed by atoms with Gasteiger partial charge in [-0.05, 0) is 117 Å². The molecule has 0 saturated carbocycles. The highest BCUT2D eigenvalue weighted by atomic mass is 16.5. The smallest absolute Gasteiger partial charge is 0.163 e. The summed E-state index contributed by atoms with van der Waals surface area (Å²) in [5.74, 6) is 0.605. The van der Waals surface area contributed by atoms with Crippen LogP contribution in [0, 0.1) is 0 Å². The first-order chi connectivity index (χ1) is 23.5. The summed E-state index contributed by atoms with van der Waals surface area (Å²) in [5, 5.41) is 2.17. The summed E-state index contributed by atoms with van der Waals surface area (Å²) in [6, 6.07) is 44.4. The first-order valence-corrected chi connectivity index (χ1v) is 17.1. The summed E-state index contributed by atoms with van der Waals surface area (Å²) in [4.78, 5) is 15.1. The van der Waals surface area contributed by atoms with Crippen LogP contribution in [0.4, 0.5) is 17.1 Å². The number of carbonyl (C=O) groups is 1. The molecule has 49 heavy (non-hydrogen) atoms. The van der Waals surface area contributed by atoms with Gasteiger partial charge in [0.25, 0.3) is 0 Å². The molecule has 2 aliphatic carbocycles. The number of allylic oxidation sites excluding steroid dienone is 2. The molecule has 0 radical (unpaired) electrons. The molecule has 0 fully saturated rings. The van der Waals surface area contributed by atoms with Gasteiger partial charge in [-0.15, -0.1) is 0 Å². The Balaban J connectivity index is 1.34. The lowest BCUT2D eigenvalue weighted by Crippen LogP contribution is -2.18. The fourth-order valence-electron chi connectivity index (χ4n) is 8.40. The third-order valence-corrected chi connectivity index (χ3v) is 11.0. The van der Waals surface area contributed by atoms with Crippen molar-refractivity contribution in [2.75, 3.05) is 12.0 Å². The normalized spacial score (nSPS) is 15.2. The summed E-state index contributed by atoms with van der Waals surface area (Å²) in [5.41, 5.74) is 15.1. The molecular formula is C46H41NO2. The first-order valence-electron chi connectivity index (χ1n) is 17.1. The van der Waals surface area contributed by atoms with Gasteiger partial charge >= 0.3 is 0 Å². The zero-order valence-corrected chi connectivity index (χ0v) is 29.3. The monoisotopic (exact) mass is 639 g/mol. The topological polar surface area (TPSA) is 29.5 Å². The quantitative estimate of drug-likeness (QED) is 0.134. The van der Waals surface area contributed by atoms with E-state index in [9.17, 15) is 4.79 Å². The van der Waals surface area contributed by atoms with E-state index < -0.39 is 0 Å². The predicted molar refractivity (Wildman–Crippen MR) is 204 cm³/mol. The number of carbonyl (C=O) groups excluding carboxylic acids is 1. The third kappa shape index (κ3) is 4.67. The SMILES string of the molecule is CO/C(C)=C(\C(C)=O)c1ccc2ccc(N(c3ccc4c(c3)C(C)(C)c3ccccc3-4)c3ccc4c(c3)C(C)(C)c3ccccc3-4)cc2c1. The van der Waals surface area contributed by atoms with Gasteiger partial charge in [0, 0.05) is 27.9 Å². The second-order valence-corrected chi connectivity index (χ2v) is 14.6. The molecule has 6 aromatic carbocycles. The van der Waals surface area contributed by atoms with Crippen LogP contribution in [0.25, 0.3) is 38.6 Å². The number of Topliss-reactive ketones (excluding diaryl/α,β-unsaturated/α-hetero) is 1. The van der Waals surface area contributed by atoms with E-state index in [0.717, 1.165) is 33.4 Å². The van der Waals surface area contributed by atoms with Crippen molar-refractivity contribution in [2.45, 2.75) is 52.4 Å². The summed E-state index contributed by atoms with van der Waals surface area (Å²) in [6.07, 6.45) is 0. The Kier molecular flexibility index (Phi) is 6.98. The number of nitrogens with zero attached hydrogens (tertiary/aromatic N) is 1. The van der Waals surface area contributed by atoms with E-state index in [2.05, 4.69) is 148 Å². The molecule has 0 bridgehead atoms. The maximum absolute atomic E-state index is 12.7. The van der Waals surface area contributed by atoms with Crippen molar-refractivity contribution < 1.29 is 9.53 Å². The summed E-state index contributed by atoms with van der Waals surface area (Å²) < 4.78 is 5.52. The molecule has 0 unspecified atom stereocenters. The molecule has 2 aliphatic rings. The van der Waals surface area contributed by atoms with Gasteiger partial charge in [0.2, 0.25) is 0 Å². The second kappa shape index (κ2) is 11.1. The van der Waals surface area contributed by atoms with E-state index in [-0.39, 0.29) is 16.6 Å². The Bertz CT molecular complexity index is 2270. The highest BCUT2D eigenvalue weighted by Crippen LogP contribution is 2.53. The van der Waals surface area contributed by atoms with Gasteiger partial charge in [0.05, 0.1) is 12.7 Å². The van der Waals surface area contributed by atoms with Gasteiger partial charge in [-0.1, -0.05) is 107 Å². The number of benzene rings is 6. The molecule has 3 nitrogen and oxygen atoms in total. The Morgan fingerprint density at radius 2 is 1.00 bits per heavy atom. The van der Waals surface area contributed by atoms with Gasteiger partial charge < -0.3 is 9.64 Å². The van der Waals surface area contributed by atoms with Crippen LogP contribution >= 0.6 is 0 Å². The van der Waals surface area contributed by atoms with Crippen molar-refractivity contribution >= 4 is 39.2 Å². The molecule has 0 aliphatic heterocycles. The minimum atomic E-state index is -0.123. The number of methoxy groups -OCH3 is 1. The lowest BCUT2D eigenvalue weighted by Gasteiger charge is -2.30. The Hall–Kier alpha value is -5.41. The van der Waals surface area contributed by atoms with Crippen LogP contribution in [0.15, 0.2) is 127 Å². The lowest BCUT2D eigenvalue weighted by atomic mass is 9.82. The molecule has 0 N–H and O–H groups in total. The fraction of sp³-hybridized carbons (Fsp3) is 0.196. The second-order valence-electron chi connectivity index (χ2n) is 14.6. The van der Waals surface area contributed by atoms with Crippen LogP contribution in [-0.4, -0.2) is 12.9 Å². The molecule has 0 heterocycles. The van der Waals surface area contributed by atoms with Crippen molar-refractivity contribution in [3.63, 3.8) is 0 Å². The fourth-order valence-corrected chi connectivity index (χ4v) is 8.40. The standard InChI is InChI=1S/C46H41NO2/c1-28(48)44(29(2)49-7)31-17-16-30-18-19-33(25-32(30)24-31)47(34-20-22-38-36-12-8-10-14-40(36)45(3,4)42(38)26-34)35-21-23-39-37-13-9-11-15-41(37)46(5,6)43(39)27-35/h8-27H,1-7H3/b44-29+. The third-order valence-electron chi connectivity index (χ3n) is 11.0. The molecule has 6 aromatic rings. The van der Waals surface area contributed by atoms with Gasteiger partial charge in [-0.3, -0.25) is 4.79 Å². The van der Waals surface area contributed by atoms with Crippen molar-refractivity contribution in [1.82, 2.24) is 0 Å². The molecule has 0 atom stereocenters. The largest absolute Gasteiger partial charge is 0.501 e. The Morgan fingerprint density at radius 1 is 0.531 bits per heavy atom. The molecule has 0 amide bonds. The number of ketones is 1. The van der Waals surface area contributed by atoms with Crippen LogP contribution < -0.4 is 4.90 Å². The average Bonchev–Trinajstić information content (AvgIpc) is 3.47. The van der Waals surface area contributed by atoms with Crippen molar-refractivity contribution in [3.8, 4) is 22.3 Å². The van der Waals surface area contributed by atoms with Gasteiger partial charge in [0.15, 0.2) is 5.78 Å². The van der Waals surface area contributed by atoms with Crippen molar-refractivity contribution in [1.29, 1.82) is 0 Å². The summed E-state index contributed by atoms with van der Waals surface area (Å²) >= 11 is 0. The number of anilines is 3. The van der Waals surface area contributed by atoms with Gasteiger partial charge in [0.1, 0.15) is 5.76 Å². The van der Waals surface area contributed by atoms with Crippen LogP contribution in [0.1, 0.15) is 69.4 Å². The van der Waals surface area contributed by atoms with Crippen LogP contribution in [0.2, 0.25) is 0 Å². The van der Waals surface area contributed by atoms with Crippen LogP contribution in [0.3, 0.4) is 0 Å². The van der Waals surface area contributed by atoms with Gasteiger partial charge in [-0.25, -0.2) is 0 Å². The first kappa shape index (κ1) is 30.9. The van der Waals surface area contributed by atoms with E-state index in [1.807, 2.05) is 13.0 Å². The van der Waals surface area contributed by atoms with Crippen molar-refractivity contribution in [2.24, 2.45) is 0 Å². The zero-order valence-electron chi connectivity index (χ0n) is 29.3. The van der Waals surface area contributed by atoms with Crippen LogP contribution in [-0.2, 0) is 20.4 Å². The molecule has 0 aromatic heterocycles. The molecule has 0 saturated heterocycles.